The summed E-state index contributed by atoms with van der Waals surface area (Å²) in [4.78, 5) is 2.13. The molecule has 1 atom stereocenters. The summed E-state index contributed by atoms with van der Waals surface area (Å²) in [6, 6.07) is 2.17. The second kappa shape index (κ2) is 5.70. The minimum absolute atomic E-state index is 0.00263. The van der Waals surface area contributed by atoms with Crippen LogP contribution in [0, 0.1) is 0 Å². The van der Waals surface area contributed by atoms with Crippen molar-refractivity contribution in [1.82, 2.24) is 15.1 Å². The lowest BCUT2D eigenvalue weighted by molar-refractivity contribution is -0.141. The molecule has 8 heteroatoms. The van der Waals surface area contributed by atoms with Crippen LogP contribution in [-0.2, 0) is 10.9 Å². The number of halogens is 3. The van der Waals surface area contributed by atoms with E-state index in [1.165, 1.54) is 6.07 Å². The van der Waals surface area contributed by atoms with Crippen LogP contribution < -0.4 is 5.32 Å². The van der Waals surface area contributed by atoms with E-state index in [1.807, 2.05) is 7.05 Å². The molecule has 0 aromatic carbocycles. The van der Waals surface area contributed by atoms with Crippen molar-refractivity contribution in [3.05, 3.63) is 17.8 Å². The van der Waals surface area contributed by atoms with Crippen molar-refractivity contribution in [2.75, 3.05) is 38.6 Å². The molecule has 0 amide bonds. The summed E-state index contributed by atoms with van der Waals surface area (Å²) in [5, 5.41) is 9.56. The van der Waals surface area contributed by atoms with Gasteiger partial charge in [-0.3, -0.25) is 0 Å². The largest absolute Gasteiger partial charge is 0.435 e. The van der Waals surface area contributed by atoms with Crippen molar-refractivity contribution < 1.29 is 17.9 Å². The predicted molar refractivity (Wildman–Crippen MR) is 62.8 cm³/mol. The number of aromatic nitrogens is 2. The summed E-state index contributed by atoms with van der Waals surface area (Å²) in [7, 11) is 1.99. The molecule has 106 valence electrons. The third-order valence-electron chi connectivity index (χ3n) is 2.81. The van der Waals surface area contributed by atoms with Gasteiger partial charge >= 0.3 is 6.18 Å². The zero-order valence-electron chi connectivity index (χ0n) is 10.4. The molecule has 2 heterocycles. The first-order chi connectivity index (χ1) is 8.95. The summed E-state index contributed by atoms with van der Waals surface area (Å²) < 4.78 is 42.4. The SMILES string of the molecule is CN1CCOC(CNc2ccc(C(F)(F)F)nn2)C1. The van der Waals surface area contributed by atoms with Crippen LogP contribution in [0.25, 0.3) is 0 Å². The Bertz CT molecular complexity index is 409. The Labute approximate surface area is 108 Å². The molecule has 1 N–H and O–H groups in total. The van der Waals surface area contributed by atoms with E-state index in [1.54, 1.807) is 0 Å². The molecule has 1 aliphatic heterocycles. The van der Waals surface area contributed by atoms with Gasteiger partial charge in [0.25, 0.3) is 0 Å². The summed E-state index contributed by atoms with van der Waals surface area (Å²) in [5.41, 5.74) is -0.994. The van der Waals surface area contributed by atoms with Crippen molar-refractivity contribution >= 4 is 5.82 Å². The number of nitrogens with zero attached hydrogens (tertiary/aromatic N) is 3. The van der Waals surface area contributed by atoms with Crippen molar-refractivity contribution in [2.24, 2.45) is 0 Å². The molecule has 1 aromatic heterocycles. The Morgan fingerprint density at radius 3 is 2.79 bits per heavy atom. The normalized spacial score (nSPS) is 21.4. The number of nitrogens with one attached hydrogen (secondary N) is 1. The number of morpholine rings is 1. The highest BCUT2D eigenvalue weighted by Crippen LogP contribution is 2.27. The molecule has 0 radical (unpaired) electrons. The third kappa shape index (κ3) is 4.03. The predicted octanol–water partition coefficient (Wildman–Crippen LogP) is 1.24. The molecule has 1 aromatic rings. The number of anilines is 1. The summed E-state index contributed by atoms with van der Waals surface area (Å²) in [6.45, 7) is 2.81. The molecule has 0 spiro atoms. The van der Waals surface area contributed by atoms with Gasteiger partial charge in [-0.05, 0) is 19.2 Å². The fourth-order valence-corrected chi connectivity index (χ4v) is 1.79. The van der Waals surface area contributed by atoms with E-state index in [-0.39, 0.29) is 6.10 Å². The Morgan fingerprint density at radius 1 is 1.42 bits per heavy atom. The number of hydrogen-bond donors (Lipinski definition) is 1. The highest BCUT2D eigenvalue weighted by molar-refractivity contribution is 5.33. The molecule has 1 fully saturated rings. The lowest BCUT2D eigenvalue weighted by Crippen LogP contribution is -2.43. The van der Waals surface area contributed by atoms with E-state index in [9.17, 15) is 13.2 Å². The molecule has 1 unspecified atom stereocenters. The third-order valence-corrected chi connectivity index (χ3v) is 2.81. The Hall–Kier alpha value is -1.41. The first kappa shape index (κ1) is 14.0. The first-order valence-corrected chi connectivity index (χ1v) is 5.90. The second-order valence-corrected chi connectivity index (χ2v) is 4.44. The quantitative estimate of drug-likeness (QED) is 0.900. The van der Waals surface area contributed by atoms with Crippen molar-refractivity contribution in [1.29, 1.82) is 0 Å². The van der Waals surface area contributed by atoms with E-state index in [4.69, 9.17) is 4.74 Å². The van der Waals surface area contributed by atoms with E-state index in [0.29, 0.717) is 19.0 Å². The monoisotopic (exact) mass is 276 g/mol. The van der Waals surface area contributed by atoms with Crippen LogP contribution in [-0.4, -0.2) is 54.5 Å². The van der Waals surface area contributed by atoms with Crippen LogP contribution in [0.5, 0.6) is 0 Å². The molecule has 0 bridgehead atoms. The fourth-order valence-electron chi connectivity index (χ4n) is 1.79. The summed E-state index contributed by atoms with van der Waals surface area (Å²) in [5.74, 6) is 0.310. The van der Waals surface area contributed by atoms with Gasteiger partial charge in [0.1, 0.15) is 5.82 Å². The average molecular weight is 276 g/mol. The van der Waals surface area contributed by atoms with Crippen LogP contribution in [0.15, 0.2) is 12.1 Å². The highest BCUT2D eigenvalue weighted by atomic mass is 19.4. The van der Waals surface area contributed by atoms with Gasteiger partial charge in [0.2, 0.25) is 0 Å². The molecule has 0 saturated carbocycles. The topological polar surface area (TPSA) is 50.3 Å². The van der Waals surface area contributed by atoms with Gasteiger partial charge in [0.15, 0.2) is 5.69 Å². The van der Waals surface area contributed by atoms with Crippen LogP contribution in [0.4, 0.5) is 19.0 Å². The van der Waals surface area contributed by atoms with Gasteiger partial charge in [-0.25, -0.2) is 0 Å². The zero-order chi connectivity index (χ0) is 13.9. The number of ether oxygens (including phenoxy) is 1. The van der Waals surface area contributed by atoms with Crippen molar-refractivity contribution in [2.45, 2.75) is 12.3 Å². The van der Waals surface area contributed by atoms with E-state index >= 15 is 0 Å². The van der Waals surface area contributed by atoms with Crippen LogP contribution in [0.1, 0.15) is 5.69 Å². The molecular formula is C11H15F3N4O. The minimum Gasteiger partial charge on any atom is -0.374 e. The molecule has 0 aliphatic carbocycles. The molecule has 1 saturated heterocycles. The fraction of sp³-hybridized carbons (Fsp3) is 0.636. The van der Waals surface area contributed by atoms with Crippen molar-refractivity contribution in [3.8, 4) is 0 Å². The molecular weight excluding hydrogens is 261 g/mol. The average Bonchev–Trinajstić information content (AvgIpc) is 2.36. The standard InChI is InChI=1S/C11H15F3N4O/c1-18-4-5-19-8(7-18)6-15-10-3-2-9(16-17-10)11(12,13)14/h2-3,8H,4-7H2,1H3,(H,15,17). The number of likely N-dealkylation sites (N-methyl/N-ethyl adjacent to an activating group) is 1. The molecule has 19 heavy (non-hydrogen) atoms. The van der Waals surface area contributed by atoms with E-state index < -0.39 is 11.9 Å². The van der Waals surface area contributed by atoms with Gasteiger partial charge in [-0.2, -0.15) is 13.2 Å². The Balaban J connectivity index is 1.86. The van der Waals surface area contributed by atoms with Crippen LogP contribution in [0.3, 0.4) is 0 Å². The Morgan fingerprint density at radius 2 is 2.21 bits per heavy atom. The van der Waals surface area contributed by atoms with Gasteiger partial charge < -0.3 is 15.0 Å². The molecule has 5 nitrogen and oxygen atoms in total. The van der Waals surface area contributed by atoms with Gasteiger partial charge in [-0.1, -0.05) is 0 Å². The minimum atomic E-state index is -4.46. The van der Waals surface area contributed by atoms with Gasteiger partial charge in [0, 0.05) is 19.6 Å². The smallest absolute Gasteiger partial charge is 0.374 e. The lowest BCUT2D eigenvalue weighted by atomic mass is 10.3. The Kier molecular flexibility index (Phi) is 4.20. The number of alkyl halides is 3. The highest BCUT2D eigenvalue weighted by Gasteiger charge is 2.32. The summed E-state index contributed by atoms with van der Waals surface area (Å²) >= 11 is 0. The number of hydrogen-bond acceptors (Lipinski definition) is 5. The first-order valence-electron chi connectivity index (χ1n) is 5.90. The lowest BCUT2D eigenvalue weighted by Gasteiger charge is -2.30. The van der Waals surface area contributed by atoms with Gasteiger partial charge in [-0.15, -0.1) is 10.2 Å². The number of rotatable bonds is 3. The van der Waals surface area contributed by atoms with Crippen molar-refractivity contribution in [3.63, 3.8) is 0 Å². The maximum absolute atomic E-state index is 12.3. The van der Waals surface area contributed by atoms with E-state index in [2.05, 4.69) is 20.4 Å². The zero-order valence-corrected chi connectivity index (χ0v) is 10.4. The summed E-state index contributed by atoms with van der Waals surface area (Å²) in [6.07, 6.45) is -4.45. The van der Waals surface area contributed by atoms with Crippen LogP contribution >= 0.6 is 0 Å². The molecule has 1 aliphatic rings. The maximum Gasteiger partial charge on any atom is 0.435 e. The maximum atomic E-state index is 12.3. The van der Waals surface area contributed by atoms with Gasteiger partial charge in [0.05, 0.1) is 12.7 Å². The van der Waals surface area contributed by atoms with E-state index in [0.717, 1.165) is 19.2 Å². The van der Waals surface area contributed by atoms with Crippen LogP contribution in [0.2, 0.25) is 0 Å². The molecule has 2 rings (SSSR count). The second-order valence-electron chi connectivity index (χ2n) is 4.44.